The maximum Gasteiger partial charge on any atom is 0.105 e. The Balaban J connectivity index is 2.13. The third-order valence-electron chi connectivity index (χ3n) is 1.91. The van der Waals surface area contributed by atoms with Gasteiger partial charge in [0, 0.05) is 13.7 Å². The van der Waals surface area contributed by atoms with Crippen LogP contribution in [0.1, 0.15) is 12.8 Å². The van der Waals surface area contributed by atoms with Crippen LogP contribution in [0.25, 0.3) is 0 Å². The van der Waals surface area contributed by atoms with Gasteiger partial charge < -0.3 is 9.29 Å². The maximum atomic E-state index is 10.9. The van der Waals surface area contributed by atoms with Crippen LogP contribution in [0.5, 0.6) is 0 Å². The monoisotopic (exact) mass is 162 g/mol. The average Bonchev–Trinajstić information content (AvgIpc) is 1.95. The molecule has 0 radical (unpaired) electrons. The van der Waals surface area contributed by atoms with Gasteiger partial charge in [0.15, 0.2) is 0 Å². The lowest BCUT2D eigenvalue weighted by atomic mass is 10.0. The fourth-order valence-corrected chi connectivity index (χ4v) is 2.64. The summed E-state index contributed by atoms with van der Waals surface area (Å²) in [6, 6.07) is 0. The van der Waals surface area contributed by atoms with Crippen LogP contribution in [0.4, 0.5) is 0 Å². The Bertz CT molecular complexity index is 89.6. The SMILES string of the molecule is COCC1CC[S+]([O-])CC1. The van der Waals surface area contributed by atoms with Crippen molar-refractivity contribution in [1.29, 1.82) is 0 Å². The van der Waals surface area contributed by atoms with E-state index in [0.29, 0.717) is 5.92 Å². The van der Waals surface area contributed by atoms with E-state index in [2.05, 4.69) is 0 Å². The molecule has 10 heavy (non-hydrogen) atoms. The van der Waals surface area contributed by atoms with Crippen molar-refractivity contribution in [1.82, 2.24) is 0 Å². The maximum absolute atomic E-state index is 10.9. The number of ether oxygens (including phenoxy) is 1. The first-order valence-corrected chi connectivity index (χ1v) is 5.15. The van der Waals surface area contributed by atoms with Crippen molar-refractivity contribution in [3.8, 4) is 0 Å². The van der Waals surface area contributed by atoms with E-state index in [1.54, 1.807) is 7.11 Å². The lowest BCUT2D eigenvalue weighted by Gasteiger charge is -2.23. The van der Waals surface area contributed by atoms with Crippen molar-refractivity contribution in [3.63, 3.8) is 0 Å². The normalized spacial score (nSPS) is 34.2. The molecule has 60 valence electrons. The second-order valence-electron chi connectivity index (χ2n) is 2.75. The minimum absolute atomic E-state index is 0.520. The molecule has 1 rings (SSSR count). The molecule has 0 spiro atoms. The van der Waals surface area contributed by atoms with E-state index in [4.69, 9.17) is 4.74 Å². The molecule has 0 saturated carbocycles. The molecule has 0 unspecified atom stereocenters. The lowest BCUT2D eigenvalue weighted by Crippen LogP contribution is -2.25. The summed E-state index contributed by atoms with van der Waals surface area (Å²) < 4.78 is 15.9. The molecule has 0 atom stereocenters. The summed E-state index contributed by atoms with van der Waals surface area (Å²) in [6.07, 6.45) is 2.17. The van der Waals surface area contributed by atoms with Gasteiger partial charge in [0.05, 0.1) is 0 Å². The second-order valence-corrected chi connectivity index (χ2v) is 4.44. The molecule has 1 fully saturated rings. The third kappa shape index (κ3) is 2.48. The molecule has 1 aliphatic heterocycles. The van der Waals surface area contributed by atoms with Crippen molar-refractivity contribution in [2.24, 2.45) is 5.92 Å². The van der Waals surface area contributed by atoms with Crippen molar-refractivity contribution < 1.29 is 9.29 Å². The summed E-state index contributed by atoms with van der Waals surface area (Å²) in [5.41, 5.74) is 0. The largest absolute Gasteiger partial charge is 0.616 e. The topological polar surface area (TPSA) is 32.3 Å². The van der Waals surface area contributed by atoms with E-state index in [0.717, 1.165) is 31.0 Å². The van der Waals surface area contributed by atoms with Crippen LogP contribution in [-0.2, 0) is 15.9 Å². The lowest BCUT2D eigenvalue weighted by molar-refractivity contribution is 0.147. The standard InChI is InChI=1S/C7H14O2S/c1-9-6-7-2-4-10(8)5-3-7/h7H,2-6H2,1H3. The van der Waals surface area contributed by atoms with Crippen molar-refractivity contribution in [2.75, 3.05) is 25.2 Å². The Morgan fingerprint density at radius 1 is 1.50 bits per heavy atom. The van der Waals surface area contributed by atoms with Gasteiger partial charge in [0.25, 0.3) is 0 Å². The molecule has 2 nitrogen and oxygen atoms in total. The van der Waals surface area contributed by atoms with Crippen molar-refractivity contribution in [3.05, 3.63) is 0 Å². The molecule has 0 bridgehead atoms. The average molecular weight is 162 g/mol. The van der Waals surface area contributed by atoms with Crippen LogP contribution >= 0.6 is 0 Å². The Morgan fingerprint density at radius 3 is 2.60 bits per heavy atom. The van der Waals surface area contributed by atoms with Crippen LogP contribution < -0.4 is 0 Å². The van der Waals surface area contributed by atoms with Gasteiger partial charge in [-0.05, 0) is 18.8 Å². The Labute approximate surface area is 65.1 Å². The molecular formula is C7H14O2S. The minimum atomic E-state index is -0.520. The number of hydrogen-bond donors (Lipinski definition) is 0. The van der Waals surface area contributed by atoms with Crippen LogP contribution in [0, 0.1) is 5.92 Å². The van der Waals surface area contributed by atoms with Gasteiger partial charge in [-0.3, -0.25) is 0 Å². The number of rotatable bonds is 2. The molecule has 1 aliphatic rings. The summed E-state index contributed by atoms with van der Waals surface area (Å²) >= 11 is -0.520. The van der Waals surface area contributed by atoms with Crippen LogP contribution in [0.15, 0.2) is 0 Å². The zero-order valence-corrected chi connectivity index (χ0v) is 7.15. The molecule has 0 aromatic rings. The highest BCUT2D eigenvalue weighted by Crippen LogP contribution is 2.18. The van der Waals surface area contributed by atoms with E-state index in [9.17, 15) is 4.55 Å². The van der Waals surface area contributed by atoms with Gasteiger partial charge >= 0.3 is 0 Å². The van der Waals surface area contributed by atoms with E-state index >= 15 is 0 Å². The molecule has 0 amide bonds. The summed E-state index contributed by atoms with van der Waals surface area (Å²) in [6.45, 7) is 0.844. The van der Waals surface area contributed by atoms with Gasteiger partial charge in [-0.15, -0.1) is 0 Å². The Kier molecular flexibility index (Phi) is 3.52. The zero-order valence-electron chi connectivity index (χ0n) is 6.34. The minimum Gasteiger partial charge on any atom is -0.616 e. The molecule has 0 aromatic heterocycles. The Hall–Kier alpha value is 0.270. The fourth-order valence-electron chi connectivity index (χ4n) is 1.24. The predicted octanol–water partition coefficient (Wildman–Crippen LogP) is 0.792. The highest BCUT2D eigenvalue weighted by atomic mass is 32.2. The van der Waals surface area contributed by atoms with E-state index in [-0.39, 0.29) is 0 Å². The first-order chi connectivity index (χ1) is 4.83. The van der Waals surface area contributed by atoms with E-state index in [1.165, 1.54) is 0 Å². The molecule has 3 heteroatoms. The first kappa shape index (κ1) is 8.37. The highest BCUT2D eigenvalue weighted by molar-refractivity contribution is 7.91. The fraction of sp³-hybridized carbons (Fsp3) is 1.00. The van der Waals surface area contributed by atoms with Crippen LogP contribution in [0.2, 0.25) is 0 Å². The smallest absolute Gasteiger partial charge is 0.105 e. The quantitative estimate of drug-likeness (QED) is 0.562. The summed E-state index contributed by atoms with van der Waals surface area (Å²) in [4.78, 5) is 0. The van der Waals surface area contributed by atoms with Gasteiger partial charge in [-0.1, -0.05) is 11.2 Å². The first-order valence-electron chi connectivity index (χ1n) is 3.67. The Morgan fingerprint density at radius 2 is 2.10 bits per heavy atom. The molecule has 0 aliphatic carbocycles. The molecule has 0 N–H and O–H groups in total. The van der Waals surface area contributed by atoms with E-state index in [1.807, 2.05) is 0 Å². The van der Waals surface area contributed by atoms with Crippen LogP contribution in [-0.4, -0.2) is 29.8 Å². The van der Waals surface area contributed by atoms with Crippen molar-refractivity contribution >= 4 is 11.2 Å². The highest BCUT2D eigenvalue weighted by Gasteiger charge is 2.20. The molecule has 1 saturated heterocycles. The predicted molar refractivity (Wildman–Crippen MR) is 42.5 cm³/mol. The number of methoxy groups -OCH3 is 1. The summed E-state index contributed by atoms with van der Waals surface area (Å²) in [5.74, 6) is 2.44. The van der Waals surface area contributed by atoms with Gasteiger partial charge in [-0.25, -0.2) is 0 Å². The van der Waals surface area contributed by atoms with Crippen LogP contribution in [0.3, 0.4) is 0 Å². The molecule has 0 aromatic carbocycles. The van der Waals surface area contributed by atoms with E-state index < -0.39 is 11.2 Å². The van der Waals surface area contributed by atoms with Gasteiger partial charge in [-0.2, -0.15) is 0 Å². The summed E-state index contributed by atoms with van der Waals surface area (Å²) in [5, 5.41) is 0. The number of hydrogen-bond acceptors (Lipinski definition) is 2. The van der Waals surface area contributed by atoms with Gasteiger partial charge in [0.1, 0.15) is 11.5 Å². The summed E-state index contributed by atoms with van der Waals surface area (Å²) in [7, 11) is 1.73. The van der Waals surface area contributed by atoms with Gasteiger partial charge in [0.2, 0.25) is 0 Å². The van der Waals surface area contributed by atoms with Crippen molar-refractivity contribution in [2.45, 2.75) is 12.8 Å². The zero-order chi connectivity index (χ0) is 7.40. The molecule has 1 heterocycles. The second kappa shape index (κ2) is 4.21. The third-order valence-corrected chi connectivity index (χ3v) is 3.29. The molecular weight excluding hydrogens is 148 g/mol.